The third-order valence-electron chi connectivity index (χ3n) is 19.4. The van der Waals surface area contributed by atoms with Crippen LogP contribution in [0.4, 0.5) is 0 Å². The van der Waals surface area contributed by atoms with E-state index in [4.69, 9.17) is 34.4 Å². The molecular weight excluding hydrogens is 1560 g/mol. The number of phenolic OH excluding ortho intramolecular Hbond substituents is 1. The number of rotatable bonds is 51. The summed E-state index contributed by atoms with van der Waals surface area (Å²) in [6.45, 7) is 14.6. The third kappa shape index (κ3) is 35.4. The number of nitrogens with two attached hydrogens (primary N) is 6. The minimum Gasteiger partial charge on any atom is -0.508 e. The third-order valence-corrected chi connectivity index (χ3v) is 19.8. The highest BCUT2D eigenvalue weighted by atomic mass is 32.1. The molecule has 3 rings (SSSR count). The molecule has 660 valence electrons. The van der Waals surface area contributed by atoms with Crippen molar-refractivity contribution in [3.8, 4) is 5.75 Å². The second-order valence-corrected chi connectivity index (χ2v) is 31.1. The second-order valence-electron chi connectivity index (χ2n) is 30.8. The minimum absolute atomic E-state index is 0.00203. The Morgan fingerprint density at radius 2 is 0.932 bits per heavy atom. The van der Waals surface area contributed by atoms with E-state index in [0.717, 1.165) is 0 Å². The molecule has 0 unspecified atom stereocenters. The van der Waals surface area contributed by atoms with Crippen molar-refractivity contribution in [3.05, 3.63) is 29.8 Å². The lowest BCUT2D eigenvalue weighted by atomic mass is 9.96. The molecular formula is C75H125N23O19S. The number of primary amides is 1. The van der Waals surface area contributed by atoms with Crippen LogP contribution >= 0.6 is 12.6 Å². The van der Waals surface area contributed by atoms with Crippen LogP contribution in [0.15, 0.2) is 34.3 Å². The Balaban J connectivity index is 1.84. The first-order valence-electron chi connectivity index (χ1n) is 39.7. The number of benzene rings is 1. The van der Waals surface area contributed by atoms with Crippen molar-refractivity contribution < 1.29 is 91.7 Å². The van der Waals surface area contributed by atoms with Gasteiger partial charge in [-0.15, -0.1) is 0 Å². The molecule has 0 aromatic heterocycles. The maximum absolute atomic E-state index is 15.0. The molecule has 0 aliphatic carbocycles. The highest BCUT2D eigenvalue weighted by Gasteiger charge is 2.43. The number of likely N-dealkylation sites (tertiary alicyclic amines) is 2. The summed E-state index contributed by atoms with van der Waals surface area (Å²) in [4.78, 5) is 242. The number of phenols is 1. The number of carbonyl (C=O) groups excluding carboxylic acids is 16. The van der Waals surface area contributed by atoms with Gasteiger partial charge in [-0.3, -0.25) is 86.7 Å². The number of guanidine groups is 2. The van der Waals surface area contributed by atoms with E-state index >= 15 is 0 Å². The molecule has 13 atom stereocenters. The summed E-state index contributed by atoms with van der Waals surface area (Å²) in [6, 6.07) is -10.0. The Bertz CT molecular complexity index is 3690. The summed E-state index contributed by atoms with van der Waals surface area (Å²) in [5, 5.41) is 53.1. The van der Waals surface area contributed by atoms with Crippen molar-refractivity contribution in [3.63, 3.8) is 0 Å². The molecule has 2 saturated heterocycles. The van der Waals surface area contributed by atoms with Crippen molar-refractivity contribution in [2.45, 2.75) is 232 Å². The monoisotopic (exact) mass is 1680 g/mol. The first-order valence-corrected chi connectivity index (χ1v) is 40.3. The molecule has 2 aliphatic heterocycles. The van der Waals surface area contributed by atoms with Crippen LogP contribution in [-0.4, -0.2) is 263 Å². The zero-order valence-electron chi connectivity index (χ0n) is 68.9. The van der Waals surface area contributed by atoms with Crippen LogP contribution in [0.2, 0.25) is 0 Å². The van der Waals surface area contributed by atoms with E-state index in [2.05, 4.69) is 91.7 Å². The van der Waals surface area contributed by atoms with E-state index in [1.165, 1.54) is 34.1 Å². The van der Waals surface area contributed by atoms with Gasteiger partial charge in [0.25, 0.3) is 0 Å². The topological polar surface area (TPSA) is 674 Å². The van der Waals surface area contributed by atoms with Gasteiger partial charge in [-0.25, -0.2) is 4.79 Å². The van der Waals surface area contributed by atoms with Gasteiger partial charge in [0, 0.05) is 44.8 Å². The fourth-order valence-corrected chi connectivity index (χ4v) is 13.1. The van der Waals surface area contributed by atoms with Gasteiger partial charge in [-0.1, -0.05) is 87.8 Å². The number of aliphatic imine (C=N–C) groups is 2. The number of carbonyl (C=O) groups is 17. The maximum Gasteiger partial charge on any atom is 0.327 e. The summed E-state index contributed by atoms with van der Waals surface area (Å²) in [6.07, 6.45) is 0.709. The lowest BCUT2D eigenvalue weighted by molar-refractivity contribution is -0.143. The first-order chi connectivity index (χ1) is 55.5. The van der Waals surface area contributed by atoms with Crippen molar-refractivity contribution in [2.75, 3.05) is 58.1 Å². The van der Waals surface area contributed by atoms with Gasteiger partial charge < -0.3 is 124 Å². The lowest BCUT2D eigenvalue weighted by Crippen LogP contribution is -2.61. The predicted molar refractivity (Wildman–Crippen MR) is 436 cm³/mol. The standard InChI is InChI=1S/C75H125N23O19S/c1-11-42(10)61(96-64(107)47(24-25-54(77)100)87-55(101)33-76)71(114)95-59(40(6)7)69(112)85-34-56(102)84-35-57(103)94-60(41(8)9)70(113)91-49(32-43-20-22-44(99)23-21-43)66(109)90-48(30-38(2)3)65(108)92-50(31-39(4)5)72(115)98-29-15-19-53(98)68(111)89-46(17-13-27-83-75(80)81)63(106)88-45(16-12-26-82-74(78)79)62(105)86-36-58(104)97-28-14-18-52(97)67(110)93-51(37-118)73(116)117/h20-23,38-42,45-53,59-61,99,118H,11-19,24-37,76H2,1-10H3,(H2,77,100)(H,84,102)(H,85,112)(H,86,105)(H,87,101)(H,88,106)(H,89,111)(H,90,109)(H,91,113)(H,92,108)(H,93,110)(H,94,103)(H,95,114)(H,96,107)(H,116,117)(H4,78,79,82)(H4,80,81,83)/t42-,45-,46-,47-,48-,49-,50-,51-,52-,53-,59-,60-,61-/m0/s1. The van der Waals surface area contributed by atoms with Gasteiger partial charge in [-0.05, 0) is 118 Å². The maximum atomic E-state index is 15.0. The molecule has 2 heterocycles. The summed E-state index contributed by atoms with van der Waals surface area (Å²) >= 11 is 3.99. The van der Waals surface area contributed by atoms with Crippen LogP contribution in [-0.2, 0) is 87.9 Å². The number of hydrogen-bond donors (Lipinski definition) is 22. The number of carboxylic acids is 1. The van der Waals surface area contributed by atoms with Gasteiger partial charge in [0.2, 0.25) is 94.5 Å². The summed E-state index contributed by atoms with van der Waals surface area (Å²) in [5.74, 6) is -17.2. The molecule has 0 spiro atoms. The van der Waals surface area contributed by atoms with Crippen LogP contribution in [0, 0.1) is 29.6 Å². The molecule has 0 bridgehead atoms. The van der Waals surface area contributed by atoms with Gasteiger partial charge >= 0.3 is 5.97 Å². The van der Waals surface area contributed by atoms with Crippen molar-refractivity contribution in [1.82, 2.24) is 78.9 Å². The first kappa shape index (κ1) is 101. The normalized spacial score (nSPS) is 16.5. The van der Waals surface area contributed by atoms with E-state index < -0.39 is 217 Å². The summed E-state index contributed by atoms with van der Waals surface area (Å²) < 4.78 is 0. The highest BCUT2D eigenvalue weighted by Crippen LogP contribution is 2.24. The van der Waals surface area contributed by atoms with Crippen molar-refractivity contribution >= 4 is 125 Å². The molecule has 43 heteroatoms. The molecule has 1 aromatic rings. The number of hydrogen-bond acceptors (Lipinski definition) is 22. The Morgan fingerprint density at radius 1 is 0.483 bits per heavy atom. The van der Waals surface area contributed by atoms with Gasteiger partial charge in [-0.2, -0.15) is 12.6 Å². The predicted octanol–water partition coefficient (Wildman–Crippen LogP) is -6.09. The zero-order valence-corrected chi connectivity index (χ0v) is 69.8. The Hall–Kier alpha value is -11.1. The Morgan fingerprint density at radius 3 is 1.46 bits per heavy atom. The van der Waals surface area contributed by atoms with Crippen LogP contribution in [0.5, 0.6) is 5.75 Å². The molecule has 16 amide bonds. The Kier molecular flexibility index (Phi) is 43.8. The number of nitrogens with zero attached hydrogens (tertiary/aromatic N) is 4. The smallest absolute Gasteiger partial charge is 0.327 e. The molecule has 118 heavy (non-hydrogen) atoms. The Labute approximate surface area is 692 Å². The average Bonchev–Trinajstić information content (AvgIpc) is 1.63. The molecule has 2 aliphatic rings. The number of amides is 16. The largest absolute Gasteiger partial charge is 0.508 e. The number of carboxylic acid groups (broad SMARTS) is 1. The fraction of sp³-hybridized carbons (Fsp3) is 0.667. The molecule has 0 radical (unpaired) electrons. The van der Waals surface area contributed by atoms with Gasteiger partial charge in [0.15, 0.2) is 11.9 Å². The number of nitrogens with one attached hydrogen (secondary N) is 13. The van der Waals surface area contributed by atoms with Crippen LogP contribution in [0.3, 0.4) is 0 Å². The van der Waals surface area contributed by atoms with Crippen LogP contribution in [0.1, 0.15) is 158 Å². The SMILES string of the molecule is CC[C@H](C)[C@H](NC(=O)[C@H](CCC(N)=O)NC(=O)CN)C(=O)N[C@H](C(=O)NCC(=O)NCC(=O)N[C@H](C(=O)N[C@@H](Cc1ccc(O)cc1)C(=O)N[C@@H](CC(C)C)C(=O)N[C@@H](CC(C)C)C(=O)N1CCC[C@H]1C(=O)N[C@@H](CCCN=C(N)N)C(=O)N[C@@H](CCCN=C(N)N)C(=O)NCC(=O)N1CCC[C@H]1C(=O)N[C@@H](CS)C(=O)O)C(C)C)C(C)C. The van der Waals surface area contributed by atoms with E-state index in [1.54, 1.807) is 69.2 Å². The van der Waals surface area contributed by atoms with Crippen molar-refractivity contribution in [2.24, 2.45) is 74.0 Å². The average molecular weight is 1690 g/mol. The minimum atomic E-state index is -1.48. The molecule has 2 fully saturated rings. The van der Waals surface area contributed by atoms with Crippen molar-refractivity contribution in [1.29, 1.82) is 0 Å². The molecule has 42 nitrogen and oxygen atoms in total. The number of thiol groups is 1. The van der Waals surface area contributed by atoms with E-state index in [9.17, 15) is 91.7 Å². The van der Waals surface area contributed by atoms with Gasteiger partial charge in [0.05, 0.1) is 26.2 Å². The number of aromatic hydroxyl groups is 1. The number of aliphatic carboxylic acids is 1. The highest BCUT2D eigenvalue weighted by molar-refractivity contribution is 7.80. The van der Waals surface area contributed by atoms with Gasteiger partial charge in [0.1, 0.15) is 78.3 Å². The molecule has 27 N–H and O–H groups in total. The quantitative estimate of drug-likeness (QED) is 0.0125. The van der Waals surface area contributed by atoms with E-state index in [1.807, 2.05) is 0 Å². The molecule has 1 aromatic carbocycles. The van der Waals surface area contributed by atoms with Crippen LogP contribution in [0.25, 0.3) is 0 Å². The lowest BCUT2D eigenvalue weighted by Gasteiger charge is -2.32. The van der Waals surface area contributed by atoms with E-state index in [0.29, 0.717) is 24.8 Å². The fourth-order valence-electron chi connectivity index (χ4n) is 12.9. The molecule has 0 saturated carbocycles. The second kappa shape index (κ2) is 51.1. The summed E-state index contributed by atoms with van der Waals surface area (Å²) in [5.41, 5.74) is 33.4. The van der Waals surface area contributed by atoms with Crippen LogP contribution < -0.4 is 104 Å². The van der Waals surface area contributed by atoms with E-state index in [-0.39, 0.29) is 132 Å². The summed E-state index contributed by atoms with van der Waals surface area (Å²) in [7, 11) is 0. The zero-order chi connectivity index (χ0) is 88.8.